The largest absolute Gasteiger partial charge is 0.395 e. The maximum atomic E-state index is 14.4. The highest BCUT2D eigenvalue weighted by Gasteiger charge is 2.77. The fourth-order valence-electron chi connectivity index (χ4n) is 6.88. The number of rotatable bonds is 10. The second-order valence-corrected chi connectivity index (χ2v) is 13.4. The SMILES string of the molecule is C=CCN(C)C(=O)[C@H]1[C@@H]2OC3(CC2Br)C(C(=O)N(CC=C)C(C)(C)CC(C)(C)C)N(CCO)C(=O)[C@H]13. The van der Waals surface area contributed by atoms with Crippen molar-refractivity contribution in [1.29, 1.82) is 0 Å². The average Bonchev–Trinajstić information content (AvgIpc) is 3.33. The first-order chi connectivity index (χ1) is 16.7. The Bertz CT molecular complexity index is 916. The Hall–Kier alpha value is -1.71. The van der Waals surface area contributed by atoms with Gasteiger partial charge in [0, 0.05) is 37.0 Å². The fourth-order valence-corrected chi connectivity index (χ4v) is 7.83. The molecule has 3 fully saturated rings. The van der Waals surface area contributed by atoms with E-state index in [0.29, 0.717) is 19.5 Å². The Morgan fingerprint density at radius 3 is 2.33 bits per heavy atom. The van der Waals surface area contributed by atoms with E-state index < -0.39 is 35.1 Å². The van der Waals surface area contributed by atoms with Crippen LogP contribution in [0.25, 0.3) is 0 Å². The van der Waals surface area contributed by atoms with Crippen LogP contribution in [0.2, 0.25) is 0 Å². The maximum Gasteiger partial charge on any atom is 0.249 e. The van der Waals surface area contributed by atoms with Gasteiger partial charge < -0.3 is 24.5 Å². The van der Waals surface area contributed by atoms with Crippen molar-refractivity contribution in [2.75, 3.05) is 33.3 Å². The predicted octanol–water partition coefficient (Wildman–Crippen LogP) is 2.60. The van der Waals surface area contributed by atoms with Crippen LogP contribution < -0.4 is 0 Å². The molecule has 0 aliphatic carbocycles. The molecule has 9 heteroatoms. The van der Waals surface area contributed by atoms with Gasteiger partial charge in [0.05, 0.1) is 24.5 Å². The molecule has 0 aromatic heterocycles. The topological polar surface area (TPSA) is 90.4 Å². The van der Waals surface area contributed by atoms with E-state index in [0.717, 1.165) is 6.42 Å². The molecular formula is C27H42BrN3O5. The molecule has 0 radical (unpaired) electrons. The molecule has 8 nitrogen and oxygen atoms in total. The van der Waals surface area contributed by atoms with Crippen molar-refractivity contribution < 1.29 is 24.2 Å². The third-order valence-electron chi connectivity index (χ3n) is 7.70. The van der Waals surface area contributed by atoms with Crippen molar-refractivity contribution in [3.63, 3.8) is 0 Å². The summed E-state index contributed by atoms with van der Waals surface area (Å²) in [6.07, 6.45) is 3.98. The minimum Gasteiger partial charge on any atom is -0.395 e. The van der Waals surface area contributed by atoms with Gasteiger partial charge in [-0.15, -0.1) is 13.2 Å². The standard InChI is InChI=1S/C27H42BrN3O5/c1-9-11-29(8)22(33)18-19-23(34)30(13-14-32)21(27(19)15-17(28)20(18)36-27)24(35)31(12-10-2)26(6,7)16-25(3,4)5/h9-10,17-21,32H,1-2,11-16H2,3-8H3/t17?,18-,19+,20-,21?,27?/m1/s1. The highest BCUT2D eigenvalue weighted by atomic mass is 79.9. The zero-order chi connectivity index (χ0) is 27.2. The van der Waals surface area contributed by atoms with Gasteiger partial charge in [0.15, 0.2) is 0 Å². The third kappa shape index (κ3) is 4.78. The van der Waals surface area contributed by atoms with E-state index >= 15 is 0 Å². The summed E-state index contributed by atoms with van der Waals surface area (Å²) >= 11 is 3.69. The molecule has 3 unspecified atom stereocenters. The molecule has 202 valence electrons. The minimum absolute atomic E-state index is 0.000491. The fraction of sp³-hybridized carbons (Fsp3) is 0.741. The number of hydrogen-bond acceptors (Lipinski definition) is 5. The van der Waals surface area contributed by atoms with E-state index in [-0.39, 0.29) is 41.1 Å². The molecule has 3 amide bonds. The Morgan fingerprint density at radius 1 is 1.19 bits per heavy atom. The van der Waals surface area contributed by atoms with Crippen molar-refractivity contribution in [2.24, 2.45) is 17.3 Å². The van der Waals surface area contributed by atoms with E-state index in [1.54, 1.807) is 29.0 Å². The lowest BCUT2D eigenvalue weighted by molar-refractivity contribution is -0.153. The van der Waals surface area contributed by atoms with Crippen LogP contribution >= 0.6 is 15.9 Å². The lowest BCUT2D eigenvalue weighted by Crippen LogP contribution is -2.61. The molecule has 1 spiro atoms. The predicted molar refractivity (Wildman–Crippen MR) is 142 cm³/mol. The monoisotopic (exact) mass is 567 g/mol. The summed E-state index contributed by atoms with van der Waals surface area (Å²) in [5.74, 6) is -2.23. The van der Waals surface area contributed by atoms with Crippen LogP contribution in [0.5, 0.6) is 0 Å². The van der Waals surface area contributed by atoms with Crippen LogP contribution in [0.15, 0.2) is 25.3 Å². The first-order valence-corrected chi connectivity index (χ1v) is 13.6. The number of ether oxygens (including phenoxy) is 1. The van der Waals surface area contributed by atoms with Crippen molar-refractivity contribution in [3.8, 4) is 0 Å². The molecule has 36 heavy (non-hydrogen) atoms. The number of aliphatic hydroxyl groups excluding tert-OH is 1. The van der Waals surface area contributed by atoms with Gasteiger partial charge in [-0.1, -0.05) is 48.9 Å². The Balaban J connectivity index is 2.09. The van der Waals surface area contributed by atoms with Gasteiger partial charge in [-0.2, -0.15) is 0 Å². The smallest absolute Gasteiger partial charge is 0.249 e. The quantitative estimate of drug-likeness (QED) is 0.323. The minimum atomic E-state index is -1.14. The highest BCUT2D eigenvalue weighted by molar-refractivity contribution is 9.09. The summed E-state index contributed by atoms with van der Waals surface area (Å²) in [6, 6.07) is -0.936. The van der Waals surface area contributed by atoms with E-state index in [2.05, 4.69) is 49.9 Å². The number of likely N-dealkylation sites (tertiary alicyclic amines) is 1. The Kier molecular flexibility index (Phi) is 8.19. The van der Waals surface area contributed by atoms with Crippen molar-refractivity contribution in [3.05, 3.63) is 25.3 Å². The van der Waals surface area contributed by atoms with E-state index in [1.165, 1.54) is 4.90 Å². The zero-order valence-corrected chi connectivity index (χ0v) is 24.1. The number of β-amino-alcohol motifs (C(OH)–C–C–N with tert-alkyl or cyclic N) is 1. The molecule has 3 rings (SSSR count). The van der Waals surface area contributed by atoms with Crippen LogP contribution in [0.4, 0.5) is 0 Å². The number of hydrogen-bond donors (Lipinski definition) is 1. The number of halogens is 1. The van der Waals surface area contributed by atoms with E-state index in [9.17, 15) is 19.5 Å². The molecule has 3 aliphatic heterocycles. The lowest BCUT2D eigenvalue weighted by Gasteiger charge is -2.45. The summed E-state index contributed by atoms with van der Waals surface area (Å²) in [4.78, 5) is 46.4. The van der Waals surface area contributed by atoms with E-state index in [1.807, 2.05) is 13.8 Å². The molecule has 3 aliphatic rings. The molecule has 6 atom stereocenters. The van der Waals surface area contributed by atoms with Crippen LogP contribution in [-0.4, -0.2) is 98.9 Å². The molecule has 1 N–H and O–H groups in total. The van der Waals surface area contributed by atoms with Gasteiger partial charge in [-0.25, -0.2) is 0 Å². The van der Waals surface area contributed by atoms with Gasteiger partial charge in [0.2, 0.25) is 17.7 Å². The summed E-state index contributed by atoms with van der Waals surface area (Å²) in [7, 11) is 1.68. The van der Waals surface area contributed by atoms with Gasteiger partial charge in [0.1, 0.15) is 11.6 Å². The summed E-state index contributed by atoms with van der Waals surface area (Å²) in [6.45, 7) is 18.4. The number of carbonyl (C=O) groups excluding carboxylic acids is 3. The lowest BCUT2D eigenvalue weighted by atomic mass is 9.70. The van der Waals surface area contributed by atoms with E-state index in [4.69, 9.17) is 4.74 Å². The molecule has 2 bridgehead atoms. The van der Waals surface area contributed by atoms with Crippen LogP contribution in [0.3, 0.4) is 0 Å². The molecule has 3 saturated heterocycles. The maximum absolute atomic E-state index is 14.4. The number of amides is 3. The van der Waals surface area contributed by atoms with Gasteiger partial charge in [-0.05, 0) is 32.1 Å². The van der Waals surface area contributed by atoms with Crippen molar-refractivity contribution >= 4 is 33.7 Å². The van der Waals surface area contributed by atoms with Gasteiger partial charge >= 0.3 is 0 Å². The van der Waals surface area contributed by atoms with Crippen LogP contribution in [0, 0.1) is 17.3 Å². The van der Waals surface area contributed by atoms with Crippen LogP contribution in [0.1, 0.15) is 47.5 Å². The molecule has 0 saturated carbocycles. The summed E-state index contributed by atoms with van der Waals surface area (Å²) in [5.41, 5.74) is -1.72. The number of aliphatic hydroxyl groups is 1. The average molecular weight is 569 g/mol. The third-order valence-corrected chi connectivity index (χ3v) is 8.54. The normalized spacial score (nSPS) is 31.4. The number of carbonyl (C=O) groups is 3. The number of fused-ring (bicyclic) bond motifs is 1. The second kappa shape index (κ2) is 10.2. The number of nitrogens with zero attached hydrogens (tertiary/aromatic N) is 3. The Morgan fingerprint density at radius 2 is 1.81 bits per heavy atom. The Labute approximate surface area is 223 Å². The first-order valence-electron chi connectivity index (χ1n) is 12.7. The molecule has 0 aromatic rings. The number of likely N-dealkylation sites (N-methyl/N-ethyl adjacent to an activating group) is 1. The summed E-state index contributed by atoms with van der Waals surface area (Å²) < 4.78 is 6.54. The highest BCUT2D eigenvalue weighted by Crippen LogP contribution is 2.60. The molecule has 3 heterocycles. The zero-order valence-electron chi connectivity index (χ0n) is 22.5. The van der Waals surface area contributed by atoms with Crippen LogP contribution in [-0.2, 0) is 19.1 Å². The first kappa shape index (κ1) is 28.9. The van der Waals surface area contributed by atoms with Crippen molar-refractivity contribution in [1.82, 2.24) is 14.7 Å². The second-order valence-electron chi connectivity index (χ2n) is 12.2. The molecule has 0 aromatic carbocycles. The van der Waals surface area contributed by atoms with Gasteiger partial charge in [-0.3, -0.25) is 14.4 Å². The van der Waals surface area contributed by atoms with Gasteiger partial charge in [0.25, 0.3) is 0 Å². The summed E-state index contributed by atoms with van der Waals surface area (Å²) in [5, 5.41) is 9.84. The molecular weight excluding hydrogens is 526 g/mol. The number of alkyl halides is 1. The van der Waals surface area contributed by atoms with Crippen molar-refractivity contribution in [2.45, 2.75) is 75.6 Å².